The molecule has 5 nitrogen and oxygen atoms in total. The Balaban J connectivity index is 1.96. The zero-order chi connectivity index (χ0) is 17.3. The fourth-order valence-electron chi connectivity index (χ4n) is 2.37. The van der Waals surface area contributed by atoms with Crippen LogP contribution in [0.2, 0.25) is 0 Å². The minimum atomic E-state index is -0.566. The van der Waals surface area contributed by atoms with Crippen molar-refractivity contribution < 1.29 is 14.3 Å². The number of nitrogens with zero attached hydrogens (tertiary/aromatic N) is 1. The maximum absolute atomic E-state index is 12.7. The molecule has 2 N–H and O–H groups in total. The van der Waals surface area contributed by atoms with E-state index in [1.807, 2.05) is 42.9 Å². The molecule has 2 heterocycles. The molecule has 0 radical (unpaired) electrons. The lowest BCUT2D eigenvalue weighted by Crippen LogP contribution is -2.14. The molecule has 3 rings (SSSR count). The van der Waals surface area contributed by atoms with E-state index in [1.54, 1.807) is 18.2 Å². The number of ether oxygens (including phenoxy) is 1. The van der Waals surface area contributed by atoms with Crippen LogP contribution in [-0.2, 0) is 0 Å². The highest BCUT2D eigenvalue weighted by molar-refractivity contribution is 7.15. The van der Waals surface area contributed by atoms with E-state index >= 15 is 0 Å². The summed E-state index contributed by atoms with van der Waals surface area (Å²) in [4.78, 5) is 25.0. The highest BCUT2D eigenvalue weighted by Gasteiger charge is 2.22. The molecule has 0 aliphatic carbocycles. The fraction of sp³-hybridized carbons (Fsp3) is 0.111. The van der Waals surface area contributed by atoms with Crippen molar-refractivity contribution in [1.29, 1.82) is 0 Å². The van der Waals surface area contributed by atoms with Gasteiger partial charge in [0.05, 0.1) is 5.56 Å². The van der Waals surface area contributed by atoms with E-state index in [-0.39, 0.29) is 5.75 Å². The second-order valence-electron chi connectivity index (χ2n) is 5.34. The predicted octanol–water partition coefficient (Wildman–Crippen LogP) is 3.47. The van der Waals surface area contributed by atoms with Gasteiger partial charge >= 0.3 is 5.97 Å². The lowest BCUT2D eigenvalue weighted by molar-refractivity contribution is 0.0733. The van der Waals surface area contributed by atoms with Crippen LogP contribution in [-0.4, -0.2) is 16.4 Å². The molecule has 122 valence electrons. The molecular formula is C18H16N2O3S. The van der Waals surface area contributed by atoms with Crippen LogP contribution >= 0.6 is 11.3 Å². The normalized spacial score (nSPS) is 10.6. The van der Waals surface area contributed by atoms with Crippen molar-refractivity contribution in [2.75, 3.05) is 0 Å². The Morgan fingerprint density at radius 3 is 2.50 bits per heavy atom. The average molecular weight is 340 g/mol. The van der Waals surface area contributed by atoms with Crippen molar-refractivity contribution in [3.8, 4) is 10.8 Å². The van der Waals surface area contributed by atoms with E-state index in [9.17, 15) is 9.59 Å². The van der Waals surface area contributed by atoms with Crippen molar-refractivity contribution in [2.24, 2.45) is 5.73 Å². The van der Waals surface area contributed by atoms with Crippen LogP contribution in [0.1, 0.15) is 31.2 Å². The number of primary amides is 1. The molecule has 0 bridgehead atoms. The zero-order valence-electron chi connectivity index (χ0n) is 13.3. The van der Waals surface area contributed by atoms with Crippen molar-refractivity contribution in [2.45, 2.75) is 13.8 Å². The molecule has 0 fully saturated rings. The maximum Gasteiger partial charge on any atom is 0.346 e. The quantitative estimate of drug-likeness (QED) is 0.584. The molecule has 3 aromatic rings. The highest BCUT2D eigenvalue weighted by Crippen LogP contribution is 2.32. The van der Waals surface area contributed by atoms with Crippen LogP contribution in [0.5, 0.6) is 5.75 Å². The summed E-state index contributed by atoms with van der Waals surface area (Å²) >= 11 is 1.53. The second kappa shape index (κ2) is 6.33. The number of thiophene rings is 1. The summed E-state index contributed by atoms with van der Waals surface area (Å²) in [5.41, 5.74) is 6.97. The number of amides is 1. The molecule has 6 heteroatoms. The van der Waals surface area contributed by atoms with Crippen molar-refractivity contribution in [3.63, 3.8) is 0 Å². The van der Waals surface area contributed by atoms with Gasteiger partial charge in [-0.15, -0.1) is 11.3 Å². The Bertz CT molecular complexity index is 910. The van der Waals surface area contributed by atoms with E-state index in [0.29, 0.717) is 11.1 Å². The van der Waals surface area contributed by atoms with Gasteiger partial charge in [0.25, 0.3) is 0 Å². The van der Waals surface area contributed by atoms with Crippen LogP contribution in [0.4, 0.5) is 0 Å². The van der Waals surface area contributed by atoms with Crippen molar-refractivity contribution in [3.05, 3.63) is 70.4 Å². The molecular weight excluding hydrogens is 324 g/mol. The van der Waals surface area contributed by atoms with E-state index < -0.39 is 11.9 Å². The van der Waals surface area contributed by atoms with Gasteiger partial charge in [-0.25, -0.2) is 4.79 Å². The summed E-state index contributed by atoms with van der Waals surface area (Å²) in [6.45, 7) is 3.87. The molecule has 2 aromatic heterocycles. The topological polar surface area (TPSA) is 74.3 Å². The molecule has 24 heavy (non-hydrogen) atoms. The number of benzene rings is 1. The number of hydrogen-bond acceptors (Lipinski definition) is 4. The SMILES string of the molecule is Cc1sc(-n2cccc2)c(C(=O)Oc2cccc(C(N)=O)c2)c1C. The maximum atomic E-state index is 12.7. The van der Waals surface area contributed by atoms with Gasteiger partial charge in [-0.1, -0.05) is 6.07 Å². The molecule has 0 saturated heterocycles. The predicted molar refractivity (Wildman–Crippen MR) is 93.0 cm³/mol. The third-order valence-corrected chi connectivity index (χ3v) is 4.96. The molecule has 0 aliphatic heterocycles. The van der Waals surface area contributed by atoms with E-state index in [2.05, 4.69) is 0 Å². The number of carbonyl (C=O) groups excluding carboxylic acids is 2. The van der Waals surface area contributed by atoms with Crippen LogP contribution in [0.15, 0.2) is 48.8 Å². The highest BCUT2D eigenvalue weighted by atomic mass is 32.1. The molecule has 0 aliphatic rings. The number of aryl methyl sites for hydroxylation is 1. The van der Waals surface area contributed by atoms with Crippen LogP contribution < -0.4 is 10.5 Å². The first-order valence-corrected chi connectivity index (χ1v) is 8.14. The first-order valence-electron chi connectivity index (χ1n) is 7.32. The number of carbonyl (C=O) groups is 2. The zero-order valence-corrected chi connectivity index (χ0v) is 14.1. The lowest BCUT2D eigenvalue weighted by Gasteiger charge is -2.08. The van der Waals surface area contributed by atoms with Crippen molar-refractivity contribution >= 4 is 23.2 Å². The van der Waals surface area contributed by atoms with E-state index in [4.69, 9.17) is 10.5 Å². The van der Waals surface area contributed by atoms with Gasteiger partial charge in [-0.05, 0) is 49.7 Å². The summed E-state index contributed by atoms with van der Waals surface area (Å²) < 4.78 is 7.36. The Morgan fingerprint density at radius 1 is 1.12 bits per heavy atom. The van der Waals surface area contributed by atoms with Crippen molar-refractivity contribution in [1.82, 2.24) is 4.57 Å². The Hall–Kier alpha value is -2.86. The number of aromatic nitrogens is 1. The summed E-state index contributed by atoms with van der Waals surface area (Å²) in [6, 6.07) is 10.1. The summed E-state index contributed by atoms with van der Waals surface area (Å²) in [5.74, 6) is -0.733. The van der Waals surface area contributed by atoms with E-state index in [0.717, 1.165) is 15.4 Å². The van der Waals surface area contributed by atoms with Crippen LogP contribution in [0.25, 0.3) is 5.00 Å². The lowest BCUT2D eigenvalue weighted by atomic mass is 10.1. The molecule has 0 saturated carbocycles. The van der Waals surface area contributed by atoms with E-state index in [1.165, 1.54) is 17.4 Å². The molecule has 0 spiro atoms. The molecule has 1 amide bonds. The van der Waals surface area contributed by atoms with Gasteiger partial charge in [0.15, 0.2) is 0 Å². The third kappa shape index (κ3) is 2.96. The number of rotatable bonds is 4. The van der Waals surface area contributed by atoms with Gasteiger partial charge in [0.2, 0.25) is 5.91 Å². The Kier molecular flexibility index (Phi) is 4.22. The first-order chi connectivity index (χ1) is 11.5. The Labute approximate surface area is 143 Å². The monoisotopic (exact) mass is 340 g/mol. The minimum absolute atomic E-state index is 0.290. The average Bonchev–Trinajstić information content (AvgIpc) is 3.16. The largest absolute Gasteiger partial charge is 0.423 e. The molecule has 1 aromatic carbocycles. The third-order valence-electron chi connectivity index (χ3n) is 3.74. The summed E-state index contributed by atoms with van der Waals surface area (Å²) in [7, 11) is 0. The standard InChI is InChI=1S/C18H16N2O3S/c1-11-12(2)24-17(20-8-3-4-9-20)15(11)18(22)23-14-7-5-6-13(10-14)16(19)21/h3-10H,1-2H3,(H2,19,21). The molecule has 0 unspecified atom stereocenters. The summed E-state index contributed by atoms with van der Waals surface area (Å²) in [6.07, 6.45) is 3.77. The van der Waals surface area contributed by atoms with Crippen LogP contribution in [0.3, 0.4) is 0 Å². The van der Waals surface area contributed by atoms with Crippen LogP contribution in [0, 0.1) is 13.8 Å². The first kappa shape index (κ1) is 16.0. The fourth-order valence-corrected chi connectivity index (χ4v) is 3.48. The Morgan fingerprint density at radius 2 is 1.83 bits per heavy atom. The minimum Gasteiger partial charge on any atom is -0.423 e. The van der Waals surface area contributed by atoms with Gasteiger partial charge in [0.1, 0.15) is 10.8 Å². The summed E-state index contributed by atoms with van der Waals surface area (Å²) in [5, 5.41) is 0.811. The number of hydrogen-bond donors (Lipinski definition) is 1. The van der Waals surface area contributed by atoms with Gasteiger partial charge in [-0.3, -0.25) is 4.79 Å². The second-order valence-corrected chi connectivity index (χ2v) is 6.54. The molecule has 0 atom stereocenters. The number of nitrogens with two attached hydrogens (primary N) is 1. The smallest absolute Gasteiger partial charge is 0.346 e. The van der Waals surface area contributed by atoms with Gasteiger partial charge in [0, 0.05) is 22.8 Å². The number of esters is 1. The van der Waals surface area contributed by atoms with Gasteiger partial charge in [-0.2, -0.15) is 0 Å². The van der Waals surface area contributed by atoms with Gasteiger partial charge < -0.3 is 15.0 Å².